The highest BCUT2D eigenvalue weighted by atomic mass is 16.7. The van der Waals surface area contributed by atoms with E-state index in [2.05, 4.69) is 75.6 Å². The number of para-hydroxylation sites is 1. The molecule has 1 amide bonds. The number of piperidine rings is 1. The Morgan fingerprint density at radius 3 is 2.70 bits per heavy atom. The van der Waals surface area contributed by atoms with Gasteiger partial charge in [0.05, 0.1) is 6.61 Å². The van der Waals surface area contributed by atoms with Gasteiger partial charge in [0, 0.05) is 55.7 Å². The van der Waals surface area contributed by atoms with Crippen LogP contribution in [0.4, 0.5) is 0 Å². The summed E-state index contributed by atoms with van der Waals surface area (Å²) >= 11 is 0. The van der Waals surface area contributed by atoms with E-state index in [1.165, 1.54) is 39.9 Å². The largest absolute Gasteiger partial charge is 0.469 e. The summed E-state index contributed by atoms with van der Waals surface area (Å²) in [6.07, 6.45) is 8.47. The third-order valence-corrected chi connectivity index (χ3v) is 7.78. The van der Waals surface area contributed by atoms with Crippen LogP contribution in [-0.4, -0.2) is 59.5 Å². The number of carbonyl (C=O) groups excluding carboxylic acids is 1. The molecule has 1 aliphatic carbocycles. The van der Waals surface area contributed by atoms with Gasteiger partial charge in [-0.2, -0.15) is 0 Å². The molecule has 194 valence electrons. The molecule has 0 radical (unpaired) electrons. The van der Waals surface area contributed by atoms with Crippen molar-refractivity contribution in [3.05, 3.63) is 83.8 Å². The fraction of sp³-hybridized carbons (Fsp3) is 0.433. The fourth-order valence-electron chi connectivity index (χ4n) is 5.70. The quantitative estimate of drug-likeness (QED) is 0.445. The molecule has 37 heavy (non-hydrogen) atoms. The standard InChI is InChI=1S/C30H36N4O3/c1-32-29(35)28(15-17-36-32)37-30(23-10-7-16-31-18-23)34(25-13-14-25)21-24-20-33(19-22-8-3-2-4-9-22)27-12-6-5-11-26(24)27/h2-6,8-9,11-12,15,20,23,25,30-31H,7,10,13-14,16-19,21H2,1H3/t23-,30?/m1/s1. The second-order valence-corrected chi connectivity index (χ2v) is 10.5. The van der Waals surface area contributed by atoms with Gasteiger partial charge in [-0.15, -0.1) is 0 Å². The normalized spacial score (nSPS) is 21.4. The number of nitrogens with one attached hydrogen (secondary N) is 1. The smallest absolute Gasteiger partial charge is 0.312 e. The zero-order valence-electron chi connectivity index (χ0n) is 21.5. The first kappa shape index (κ1) is 24.2. The van der Waals surface area contributed by atoms with E-state index in [0.29, 0.717) is 24.3 Å². The highest BCUT2D eigenvalue weighted by Crippen LogP contribution is 2.37. The van der Waals surface area contributed by atoms with Gasteiger partial charge in [0.1, 0.15) is 0 Å². The second-order valence-electron chi connectivity index (χ2n) is 10.5. The Kier molecular flexibility index (Phi) is 7.00. The number of nitrogens with zero attached hydrogens (tertiary/aromatic N) is 3. The Hall–Kier alpha value is -3.13. The number of ether oxygens (including phenoxy) is 1. The van der Waals surface area contributed by atoms with Gasteiger partial charge in [-0.25, -0.2) is 5.06 Å². The van der Waals surface area contributed by atoms with Gasteiger partial charge >= 0.3 is 5.91 Å². The molecule has 2 aromatic carbocycles. The Morgan fingerprint density at radius 1 is 1.11 bits per heavy atom. The van der Waals surface area contributed by atoms with Crippen LogP contribution >= 0.6 is 0 Å². The molecule has 1 N–H and O–H groups in total. The van der Waals surface area contributed by atoms with Crippen molar-refractivity contribution in [1.29, 1.82) is 0 Å². The topological polar surface area (TPSA) is 59.0 Å². The van der Waals surface area contributed by atoms with Gasteiger partial charge < -0.3 is 14.6 Å². The lowest BCUT2D eigenvalue weighted by molar-refractivity contribution is -0.184. The Balaban J connectivity index is 1.32. The molecule has 2 aliphatic heterocycles. The van der Waals surface area contributed by atoms with E-state index in [1.54, 1.807) is 13.1 Å². The molecule has 3 aromatic rings. The number of carbonyl (C=O) groups is 1. The molecule has 2 fully saturated rings. The summed E-state index contributed by atoms with van der Waals surface area (Å²) in [5.74, 6) is 0.505. The van der Waals surface area contributed by atoms with E-state index in [1.807, 2.05) is 0 Å². The van der Waals surface area contributed by atoms with Crippen molar-refractivity contribution in [2.24, 2.45) is 5.92 Å². The van der Waals surface area contributed by atoms with E-state index in [0.717, 1.165) is 39.0 Å². The third-order valence-electron chi connectivity index (χ3n) is 7.78. The predicted molar refractivity (Wildman–Crippen MR) is 143 cm³/mol. The van der Waals surface area contributed by atoms with Gasteiger partial charge in [0.2, 0.25) is 0 Å². The number of hydroxylamine groups is 2. The molecule has 7 heteroatoms. The van der Waals surface area contributed by atoms with Crippen molar-refractivity contribution in [3.63, 3.8) is 0 Å². The molecule has 3 aliphatic rings. The van der Waals surface area contributed by atoms with E-state index in [9.17, 15) is 4.79 Å². The first-order valence-corrected chi connectivity index (χ1v) is 13.5. The summed E-state index contributed by atoms with van der Waals surface area (Å²) in [6, 6.07) is 19.8. The summed E-state index contributed by atoms with van der Waals surface area (Å²) in [5, 5.41) is 6.13. The van der Waals surface area contributed by atoms with Crippen LogP contribution in [0.25, 0.3) is 10.9 Å². The van der Waals surface area contributed by atoms with E-state index in [-0.39, 0.29) is 12.1 Å². The fourth-order valence-corrected chi connectivity index (χ4v) is 5.70. The summed E-state index contributed by atoms with van der Waals surface area (Å²) < 4.78 is 9.00. The van der Waals surface area contributed by atoms with Gasteiger partial charge in [0.25, 0.3) is 0 Å². The number of fused-ring (bicyclic) bond motifs is 1. The maximum atomic E-state index is 12.8. The van der Waals surface area contributed by atoms with E-state index in [4.69, 9.17) is 9.57 Å². The number of hydrogen-bond donors (Lipinski definition) is 1. The number of aromatic nitrogens is 1. The summed E-state index contributed by atoms with van der Waals surface area (Å²) in [4.78, 5) is 20.7. The molecule has 0 spiro atoms. The second kappa shape index (κ2) is 10.7. The van der Waals surface area contributed by atoms with Crippen LogP contribution in [-0.2, 0) is 27.5 Å². The number of likely N-dealkylation sites (N-methyl/N-ethyl adjacent to an activating group) is 1. The number of benzene rings is 2. The van der Waals surface area contributed by atoms with Crippen LogP contribution in [0.2, 0.25) is 0 Å². The van der Waals surface area contributed by atoms with Gasteiger partial charge in [-0.1, -0.05) is 48.5 Å². The third kappa shape index (κ3) is 5.30. The highest BCUT2D eigenvalue weighted by molar-refractivity contribution is 5.91. The lowest BCUT2D eigenvalue weighted by Gasteiger charge is -2.40. The molecular weight excluding hydrogens is 464 g/mol. The van der Waals surface area contributed by atoms with Gasteiger partial charge in [-0.05, 0) is 55.5 Å². The average molecular weight is 501 g/mol. The lowest BCUT2D eigenvalue weighted by atomic mass is 9.96. The Morgan fingerprint density at radius 2 is 1.92 bits per heavy atom. The van der Waals surface area contributed by atoms with Crippen molar-refractivity contribution in [2.75, 3.05) is 26.7 Å². The Labute approximate surface area is 218 Å². The summed E-state index contributed by atoms with van der Waals surface area (Å²) in [5.41, 5.74) is 3.84. The molecule has 3 heterocycles. The van der Waals surface area contributed by atoms with Crippen LogP contribution in [0.15, 0.2) is 72.6 Å². The monoisotopic (exact) mass is 500 g/mol. The van der Waals surface area contributed by atoms with Crippen molar-refractivity contribution in [3.8, 4) is 0 Å². The van der Waals surface area contributed by atoms with Crippen LogP contribution in [0.1, 0.15) is 36.8 Å². The number of rotatable bonds is 9. The SMILES string of the molecule is CN1OCC=C(OC([C@@H]2CCCNC2)N(Cc2cn(Cc3ccccc3)c3ccccc23)C2CC2)C1=O. The molecule has 2 atom stereocenters. The summed E-state index contributed by atoms with van der Waals surface area (Å²) in [6.45, 7) is 3.92. The molecule has 0 bridgehead atoms. The molecule has 6 rings (SSSR count). The average Bonchev–Trinajstić information content (AvgIpc) is 3.73. The van der Waals surface area contributed by atoms with Crippen molar-refractivity contribution < 1.29 is 14.4 Å². The minimum absolute atomic E-state index is 0.168. The summed E-state index contributed by atoms with van der Waals surface area (Å²) in [7, 11) is 1.65. The minimum Gasteiger partial charge on any atom is -0.469 e. The first-order valence-electron chi connectivity index (χ1n) is 13.5. The van der Waals surface area contributed by atoms with Crippen LogP contribution in [0, 0.1) is 5.92 Å². The molecule has 1 unspecified atom stereocenters. The van der Waals surface area contributed by atoms with Crippen LogP contribution < -0.4 is 5.32 Å². The first-order chi connectivity index (χ1) is 18.2. The van der Waals surface area contributed by atoms with Crippen molar-refractivity contribution in [1.82, 2.24) is 19.8 Å². The van der Waals surface area contributed by atoms with Crippen molar-refractivity contribution >= 4 is 16.8 Å². The minimum atomic E-state index is -0.213. The molecular formula is C30H36N4O3. The zero-order chi connectivity index (χ0) is 25.2. The van der Waals surface area contributed by atoms with Gasteiger partial charge in [-0.3, -0.25) is 14.5 Å². The van der Waals surface area contributed by atoms with Crippen LogP contribution in [0.5, 0.6) is 0 Å². The molecule has 7 nitrogen and oxygen atoms in total. The van der Waals surface area contributed by atoms with Gasteiger partial charge in [0.15, 0.2) is 12.0 Å². The number of hydrogen-bond acceptors (Lipinski definition) is 5. The van der Waals surface area contributed by atoms with Crippen LogP contribution in [0.3, 0.4) is 0 Å². The zero-order valence-corrected chi connectivity index (χ0v) is 21.5. The molecule has 1 aromatic heterocycles. The maximum absolute atomic E-state index is 12.8. The van der Waals surface area contributed by atoms with E-state index < -0.39 is 0 Å². The molecule has 1 saturated heterocycles. The maximum Gasteiger partial charge on any atom is 0.312 e. The predicted octanol–water partition coefficient (Wildman–Crippen LogP) is 4.28. The van der Waals surface area contributed by atoms with E-state index >= 15 is 0 Å². The molecule has 1 saturated carbocycles. The number of amides is 1. The lowest BCUT2D eigenvalue weighted by Crippen LogP contribution is -2.49. The highest BCUT2D eigenvalue weighted by Gasteiger charge is 2.41. The Bertz CT molecular complexity index is 1260. The van der Waals surface area contributed by atoms with Crippen molar-refractivity contribution in [2.45, 2.75) is 51.0 Å².